The quantitative estimate of drug-likeness (QED) is 0.120. The number of hydrogen-bond donors (Lipinski definition) is 0. The first-order valence-corrected chi connectivity index (χ1v) is 13.8. The van der Waals surface area contributed by atoms with Gasteiger partial charge >= 0.3 is 11.9 Å². The van der Waals surface area contributed by atoms with Crippen LogP contribution in [0.5, 0.6) is 11.5 Å². The van der Waals surface area contributed by atoms with Gasteiger partial charge in [0.2, 0.25) is 18.9 Å². The normalized spacial score (nSPS) is 15.0. The maximum absolute atomic E-state index is 11.6. The summed E-state index contributed by atoms with van der Waals surface area (Å²) in [6.45, 7) is 22.9. The van der Waals surface area contributed by atoms with Gasteiger partial charge in [0.1, 0.15) is 11.5 Å². The van der Waals surface area contributed by atoms with Gasteiger partial charge in [-0.1, -0.05) is 51.3 Å². The molecule has 9 heteroatoms. The number of rotatable bonds is 16. The summed E-state index contributed by atoms with van der Waals surface area (Å²) in [7, 11) is 0. The molecule has 0 radical (unpaired) electrons. The van der Waals surface area contributed by atoms with Crippen LogP contribution in [-0.4, -0.2) is 43.4 Å². The van der Waals surface area contributed by atoms with Crippen LogP contribution in [0.2, 0.25) is 0 Å². The van der Waals surface area contributed by atoms with Gasteiger partial charge in [0.05, 0.1) is 0 Å². The SMILES string of the molecule is C=C(C)C(=O)OC(C)OC(C)Oc1ccc(C(C)(C)c2ccc(OC(C)OC(C)OC(C)OC(=O)C(=C)C)cc2)cc1. The lowest BCUT2D eigenvalue weighted by Crippen LogP contribution is -2.29. The monoisotopic (exact) mass is 584 g/mol. The highest BCUT2D eigenvalue weighted by molar-refractivity contribution is 5.87. The third kappa shape index (κ3) is 11.0. The Kier molecular flexibility index (Phi) is 12.8. The largest absolute Gasteiger partial charge is 0.465 e. The smallest absolute Gasteiger partial charge is 0.335 e. The molecular formula is C33H44O9. The molecule has 2 rings (SSSR count). The zero-order valence-corrected chi connectivity index (χ0v) is 26.1. The molecule has 2 aromatic carbocycles. The maximum Gasteiger partial charge on any atom is 0.335 e. The number of esters is 2. The predicted octanol–water partition coefficient (Wildman–Crippen LogP) is 6.79. The minimum absolute atomic E-state index is 0.292. The molecule has 0 bridgehead atoms. The Morgan fingerprint density at radius 3 is 1.21 bits per heavy atom. The van der Waals surface area contributed by atoms with Crippen LogP contribution in [-0.2, 0) is 38.7 Å². The molecule has 0 aliphatic carbocycles. The van der Waals surface area contributed by atoms with Gasteiger partial charge in [-0.3, -0.25) is 0 Å². The van der Waals surface area contributed by atoms with E-state index in [1.807, 2.05) is 48.5 Å². The predicted molar refractivity (Wildman–Crippen MR) is 159 cm³/mol. The van der Waals surface area contributed by atoms with Gasteiger partial charge in [0.15, 0.2) is 12.6 Å². The number of carbonyl (C=O) groups excluding carboxylic acids is 2. The molecule has 0 spiro atoms. The molecule has 0 fully saturated rings. The first-order chi connectivity index (χ1) is 19.6. The van der Waals surface area contributed by atoms with E-state index in [1.165, 1.54) is 0 Å². The third-order valence-electron chi connectivity index (χ3n) is 6.15. The number of carbonyl (C=O) groups is 2. The van der Waals surface area contributed by atoms with E-state index in [-0.39, 0.29) is 5.41 Å². The Bertz CT molecular complexity index is 1200. The lowest BCUT2D eigenvalue weighted by molar-refractivity contribution is -0.259. The van der Waals surface area contributed by atoms with Gasteiger partial charge in [0.25, 0.3) is 0 Å². The number of ether oxygens (including phenoxy) is 7. The average Bonchev–Trinajstić information content (AvgIpc) is 2.88. The van der Waals surface area contributed by atoms with Crippen LogP contribution in [0.3, 0.4) is 0 Å². The van der Waals surface area contributed by atoms with Crippen LogP contribution in [0, 0.1) is 0 Å². The van der Waals surface area contributed by atoms with E-state index in [4.69, 9.17) is 33.2 Å². The van der Waals surface area contributed by atoms with Gasteiger partial charge in [-0.2, -0.15) is 0 Å². The molecule has 9 nitrogen and oxygen atoms in total. The van der Waals surface area contributed by atoms with E-state index in [2.05, 4.69) is 27.0 Å². The molecular weight excluding hydrogens is 540 g/mol. The van der Waals surface area contributed by atoms with Crippen LogP contribution in [0.25, 0.3) is 0 Å². The second kappa shape index (κ2) is 15.5. The highest BCUT2D eigenvalue weighted by atomic mass is 16.8. The number of benzene rings is 2. The Hall–Kier alpha value is -3.66. The van der Waals surface area contributed by atoms with Crippen molar-refractivity contribution in [3.63, 3.8) is 0 Å². The van der Waals surface area contributed by atoms with E-state index in [9.17, 15) is 9.59 Å². The van der Waals surface area contributed by atoms with Gasteiger partial charge in [-0.25, -0.2) is 9.59 Å². The van der Waals surface area contributed by atoms with Crippen LogP contribution in [0.4, 0.5) is 0 Å². The minimum Gasteiger partial charge on any atom is -0.465 e. The van der Waals surface area contributed by atoms with Crippen molar-refractivity contribution in [3.8, 4) is 11.5 Å². The summed E-state index contributed by atoms with van der Waals surface area (Å²) in [5.41, 5.74) is 2.47. The van der Waals surface area contributed by atoms with Crippen molar-refractivity contribution in [3.05, 3.63) is 84.0 Å². The number of hydrogen-bond acceptors (Lipinski definition) is 9. The second-order valence-electron chi connectivity index (χ2n) is 10.5. The molecule has 0 saturated heterocycles. The standard InChI is InChI=1S/C33H44O9/c1-20(2)31(34)41-25(8)37-22(5)36-23(6)39-29-16-12-27(13-17-29)33(10,11)28-14-18-30(19-15-28)40-24(7)38-26(9)42-32(35)21(3)4/h12-19,22-26H,1,3H2,2,4-11H3. The average molecular weight is 585 g/mol. The summed E-state index contributed by atoms with van der Waals surface area (Å²) in [5, 5.41) is 0. The molecule has 0 aliphatic heterocycles. The van der Waals surface area contributed by atoms with Crippen LogP contribution < -0.4 is 9.47 Å². The molecule has 2 aromatic rings. The summed E-state index contributed by atoms with van der Waals surface area (Å²) >= 11 is 0. The van der Waals surface area contributed by atoms with Crippen molar-refractivity contribution >= 4 is 11.9 Å². The zero-order valence-electron chi connectivity index (χ0n) is 26.1. The third-order valence-corrected chi connectivity index (χ3v) is 6.15. The summed E-state index contributed by atoms with van der Waals surface area (Å²) in [5.74, 6) is 0.218. The summed E-state index contributed by atoms with van der Waals surface area (Å²) in [6, 6.07) is 15.6. The molecule has 0 N–H and O–H groups in total. The molecule has 0 heterocycles. The Morgan fingerprint density at radius 1 is 0.571 bits per heavy atom. The molecule has 0 aromatic heterocycles. The summed E-state index contributed by atoms with van der Waals surface area (Å²) in [6.07, 6.45) is -3.48. The van der Waals surface area contributed by atoms with Crippen molar-refractivity contribution < 1.29 is 42.7 Å². The van der Waals surface area contributed by atoms with Crippen molar-refractivity contribution in [2.24, 2.45) is 0 Å². The van der Waals surface area contributed by atoms with Crippen LogP contribution in [0.1, 0.15) is 73.4 Å². The second-order valence-corrected chi connectivity index (χ2v) is 10.5. The highest BCUT2D eigenvalue weighted by Gasteiger charge is 2.24. The summed E-state index contributed by atoms with van der Waals surface area (Å²) in [4.78, 5) is 23.3. The topological polar surface area (TPSA) is 98.8 Å². The lowest BCUT2D eigenvalue weighted by atomic mass is 9.78. The fourth-order valence-corrected chi connectivity index (χ4v) is 3.91. The Morgan fingerprint density at radius 2 is 0.881 bits per heavy atom. The fraction of sp³-hybridized carbons (Fsp3) is 0.455. The van der Waals surface area contributed by atoms with Crippen molar-refractivity contribution in [2.75, 3.05) is 0 Å². The van der Waals surface area contributed by atoms with E-state index in [0.717, 1.165) is 11.1 Å². The molecule has 5 unspecified atom stereocenters. The van der Waals surface area contributed by atoms with Gasteiger partial charge < -0.3 is 33.2 Å². The molecule has 0 aliphatic rings. The molecule has 230 valence electrons. The Balaban J connectivity index is 1.91. The molecule has 42 heavy (non-hydrogen) atoms. The minimum atomic E-state index is -0.794. The zero-order chi connectivity index (χ0) is 31.6. The summed E-state index contributed by atoms with van der Waals surface area (Å²) < 4.78 is 38.8. The first kappa shape index (κ1) is 34.5. The van der Waals surface area contributed by atoms with Crippen molar-refractivity contribution in [1.82, 2.24) is 0 Å². The molecule has 0 amide bonds. The van der Waals surface area contributed by atoms with Crippen molar-refractivity contribution in [2.45, 2.75) is 99.2 Å². The highest BCUT2D eigenvalue weighted by Crippen LogP contribution is 2.33. The molecule has 5 atom stereocenters. The first-order valence-electron chi connectivity index (χ1n) is 13.8. The van der Waals surface area contributed by atoms with E-state index < -0.39 is 43.4 Å². The van der Waals surface area contributed by atoms with E-state index in [0.29, 0.717) is 22.6 Å². The van der Waals surface area contributed by atoms with Gasteiger partial charge in [-0.15, -0.1) is 0 Å². The van der Waals surface area contributed by atoms with E-state index >= 15 is 0 Å². The van der Waals surface area contributed by atoms with E-state index in [1.54, 1.807) is 48.5 Å². The van der Waals surface area contributed by atoms with Gasteiger partial charge in [-0.05, 0) is 83.9 Å². The lowest BCUT2D eigenvalue weighted by Gasteiger charge is -2.27. The van der Waals surface area contributed by atoms with Gasteiger partial charge in [0, 0.05) is 16.6 Å². The maximum atomic E-state index is 11.6. The van der Waals surface area contributed by atoms with Crippen LogP contribution >= 0.6 is 0 Å². The van der Waals surface area contributed by atoms with Crippen LogP contribution in [0.15, 0.2) is 72.8 Å². The molecule has 0 saturated carbocycles. The Labute approximate surface area is 249 Å². The fourth-order valence-electron chi connectivity index (χ4n) is 3.91. The van der Waals surface area contributed by atoms with Crippen molar-refractivity contribution in [1.29, 1.82) is 0 Å².